The van der Waals surface area contributed by atoms with E-state index in [1.54, 1.807) is 0 Å². The van der Waals surface area contributed by atoms with Gasteiger partial charge in [-0.2, -0.15) is 0 Å². The lowest BCUT2D eigenvalue weighted by molar-refractivity contribution is 0.573. The molecule has 0 amide bonds. The first kappa shape index (κ1) is 18.8. The Balaban J connectivity index is 1.66. The topological polar surface area (TPSA) is 17.0 Å². The van der Waals surface area contributed by atoms with Gasteiger partial charge in [-0.05, 0) is 42.7 Å². The third-order valence-electron chi connectivity index (χ3n) is 5.53. The molecule has 0 fully saturated rings. The maximum Gasteiger partial charge on any atom is 0.0493 e. The second-order valence-corrected chi connectivity index (χ2v) is 7.68. The molecule has 4 rings (SSSR count). The van der Waals surface area contributed by atoms with Crippen molar-refractivity contribution in [1.82, 2.24) is 9.88 Å². The van der Waals surface area contributed by atoms with E-state index in [1.807, 2.05) is 18.2 Å². The predicted octanol–water partition coefficient (Wildman–Crippen LogP) is 6.50. The Morgan fingerprint density at radius 3 is 2.36 bits per heavy atom. The summed E-state index contributed by atoms with van der Waals surface area (Å²) >= 11 is 6.43. The molecular weight excluding hydrogens is 364 g/mol. The van der Waals surface area contributed by atoms with E-state index < -0.39 is 0 Å². The van der Waals surface area contributed by atoms with Crippen LogP contribution in [0.3, 0.4) is 0 Å². The maximum absolute atomic E-state index is 6.43. The maximum atomic E-state index is 6.43. The monoisotopic (exact) mass is 388 g/mol. The fourth-order valence-electron chi connectivity index (χ4n) is 3.84. The van der Waals surface area contributed by atoms with E-state index in [4.69, 9.17) is 11.6 Å². The van der Waals surface area contributed by atoms with Gasteiger partial charge < -0.3 is 9.88 Å². The van der Waals surface area contributed by atoms with E-state index in [0.717, 1.165) is 23.7 Å². The molecule has 3 heteroatoms. The average molecular weight is 389 g/mol. The van der Waals surface area contributed by atoms with Crippen LogP contribution in [-0.4, -0.2) is 4.57 Å². The van der Waals surface area contributed by atoms with E-state index in [2.05, 4.69) is 84.4 Å². The molecule has 0 radical (unpaired) electrons. The van der Waals surface area contributed by atoms with Crippen molar-refractivity contribution in [1.29, 1.82) is 0 Å². The minimum absolute atomic E-state index is 0.297. The second kappa shape index (κ2) is 8.22. The van der Waals surface area contributed by atoms with Crippen molar-refractivity contribution >= 4 is 22.5 Å². The zero-order chi connectivity index (χ0) is 19.5. The molecule has 0 aliphatic carbocycles. The number of fused-ring (bicyclic) bond motifs is 1. The number of nitrogens with one attached hydrogen (secondary N) is 1. The molecule has 0 aliphatic heterocycles. The van der Waals surface area contributed by atoms with Crippen molar-refractivity contribution in [2.45, 2.75) is 33.0 Å². The summed E-state index contributed by atoms with van der Waals surface area (Å²) in [7, 11) is 0. The highest BCUT2D eigenvalue weighted by Crippen LogP contribution is 2.28. The Labute approximate surface area is 171 Å². The Hall–Kier alpha value is -2.55. The average Bonchev–Trinajstić information content (AvgIpc) is 3.00. The molecule has 3 aromatic carbocycles. The molecule has 0 saturated carbocycles. The van der Waals surface area contributed by atoms with Gasteiger partial charge in [-0.15, -0.1) is 0 Å². The van der Waals surface area contributed by atoms with Crippen LogP contribution in [0, 0.1) is 6.92 Å². The first-order valence-corrected chi connectivity index (χ1v) is 10.1. The van der Waals surface area contributed by atoms with Crippen molar-refractivity contribution in [3.05, 3.63) is 106 Å². The molecule has 4 aromatic rings. The molecule has 0 saturated heterocycles. The van der Waals surface area contributed by atoms with Crippen LogP contribution in [0.25, 0.3) is 10.9 Å². The smallest absolute Gasteiger partial charge is 0.0493 e. The van der Waals surface area contributed by atoms with Crippen LogP contribution in [-0.2, 0) is 13.1 Å². The summed E-state index contributed by atoms with van der Waals surface area (Å²) in [6.07, 6.45) is 0. The van der Waals surface area contributed by atoms with Gasteiger partial charge in [0.25, 0.3) is 0 Å². The van der Waals surface area contributed by atoms with Gasteiger partial charge in [0.15, 0.2) is 0 Å². The number of benzene rings is 3. The molecule has 1 atom stereocenters. The standard InChI is InChI=1S/C25H25ClN2/c1-18(20-10-4-3-5-11-20)27-16-23-19(2)28(25-15-9-7-13-22(23)25)17-21-12-6-8-14-24(21)26/h3-15,18,27H,16-17H2,1-2H3/t18-/m0/s1. The molecule has 2 nitrogen and oxygen atoms in total. The zero-order valence-electron chi connectivity index (χ0n) is 16.3. The fourth-order valence-corrected chi connectivity index (χ4v) is 4.04. The summed E-state index contributed by atoms with van der Waals surface area (Å²) in [5.41, 5.74) is 6.34. The van der Waals surface area contributed by atoms with Crippen LogP contribution in [0.4, 0.5) is 0 Å². The minimum atomic E-state index is 0.297. The number of nitrogens with zero attached hydrogens (tertiary/aromatic N) is 1. The Kier molecular flexibility index (Phi) is 5.52. The van der Waals surface area contributed by atoms with Crippen molar-refractivity contribution < 1.29 is 0 Å². The van der Waals surface area contributed by atoms with Gasteiger partial charge in [-0.3, -0.25) is 0 Å². The zero-order valence-corrected chi connectivity index (χ0v) is 17.1. The summed E-state index contributed by atoms with van der Waals surface area (Å²) in [4.78, 5) is 0. The molecule has 0 aliphatic rings. The van der Waals surface area contributed by atoms with Gasteiger partial charge in [0, 0.05) is 40.8 Å². The highest BCUT2D eigenvalue weighted by atomic mass is 35.5. The molecule has 0 unspecified atom stereocenters. The molecule has 1 heterocycles. The highest BCUT2D eigenvalue weighted by Gasteiger charge is 2.15. The van der Waals surface area contributed by atoms with E-state index in [9.17, 15) is 0 Å². The molecule has 1 aromatic heterocycles. The Morgan fingerprint density at radius 1 is 0.893 bits per heavy atom. The van der Waals surface area contributed by atoms with Crippen molar-refractivity contribution in [3.63, 3.8) is 0 Å². The number of rotatable bonds is 6. The molecule has 0 spiro atoms. The Bertz CT molecular complexity index is 1080. The van der Waals surface area contributed by atoms with Crippen molar-refractivity contribution in [3.8, 4) is 0 Å². The van der Waals surface area contributed by atoms with Gasteiger partial charge in [0.05, 0.1) is 0 Å². The molecule has 0 bridgehead atoms. The van der Waals surface area contributed by atoms with Gasteiger partial charge in [0.1, 0.15) is 0 Å². The van der Waals surface area contributed by atoms with Gasteiger partial charge >= 0.3 is 0 Å². The largest absolute Gasteiger partial charge is 0.340 e. The highest BCUT2D eigenvalue weighted by molar-refractivity contribution is 6.31. The second-order valence-electron chi connectivity index (χ2n) is 7.27. The lowest BCUT2D eigenvalue weighted by Crippen LogP contribution is -2.18. The lowest BCUT2D eigenvalue weighted by atomic mass is 10.1. The summed E-state index contributed by atoms with van der Waals surface area (Å²) in [5, 5.41) is 5.82. The summed E-state index contributed by atoms with van der Waals surface area (Å²) in [5.74, 6) is 0. The number of aromatic nitrogens is 1. The summed E-state index contributed by atoms with van der Waals surface area (Å²) in [6, 6.07) is 27.6. The van der Waals surface area contributed by atoms with E-state index in [1.165, 1.54) is 27.7 Å². The van der Waals surface area contributed by atoms with Crippen LogP contribution >= 0.6 is 11.6 Å². The van der Waals surface area contributed by atoms with Crippen LogP contribution in [0.5, 0.6) is 0 Å². The quantitative estimate of drug-likeness (QED) is 0.398. The van der Waals surface area contributed by atoms with Crippen LogP contribution in [0.1, 0.15) is 35.3 Å². The molecular formula is C25H25ClN2. The number of para-hydroxylation sites is 1. The van der Waals surface area contributed by atoms with E-state index in [0.29, 0.717) is 6.04 Å². The SMILES string of the molecule is Cc1c(CN[C@@H](C)c2ccccc2)c2ccccc2n1Cc1ccccc1Cl. The first-order valence-electron chi connectivity index (χ1n) is 9.73. The van der Waals surface area contributed by atoms with Crippen molar-refractivity contribution in [2.75, 3.05) is 0 Å². The third kappa shape index (κ3) is 3.71. The van der Waals surface area contributed by atoms with E-state index in [-0.39, 0.29) is 0 Å². The van der Waals surface area contributed by atoms with Gasteiger partial charge in [-0.1, -0.05) is 78.3 Å². The Morgan fingerprint density at radius 2 is 1.57 bits per heavy atom. The van der Waals surface area contributed by atoms with Gasteiger partial charge in [-0.25, -0.2) is 0 Å². The fraction of sp³-hybridized carbons (Fsp3) is 0.200. The molecule has 28 heavy (non-hydrogen) atoms. The third-order valence-corrected chi connectivity index (χ3v) is 5.90. The summed E-state index contributed by atoms with van der Waals surface area (Å²) < 4.78 is 2.38. The number of hydrogen-bond acceptors (Lipinski definition) is 1. The van der Waals surface area contributed by atoms with E-state index >= 15 is 0 Å². The molecule has 1 N–H and O–H groups in total. The molecule has 142 valence electrons. The number of hydrogen-bond donors (Lipinski definition) is 1. The number of halogens is 1. The lowest BCUT2D eigenvalue weighted by Gasteiger charge is -2.15. The predicted molar refractivity (Wildman–Crippen MR) is 119 cm³/mol. The minimum Gasteiger partial charge on any atom is -0.340 e. The van der Waals surface area contributed by atoms with Crippen molar-refractivity contribution in [2.24, 2.45) is 0 Å². The van der Waals surface area contributed by atoms with Gasteiger partial charge in [0.2, 0.25) is 0 Å². The van der Waals surface area contributed by atoms with Crippen LogP contribution in [0.2, 0.25) is 5.02 Å². The van der Waals surface area contributed by atoms with Crippen LogP contribution < -0.4 is 5.32 Å². The van der Waals surface area contributed by atoms with Crippen LogP contribution in [0.15, 0.2) is 78.9 Å². The first-order chi connectivity index (χ1) is 13.6. The summed E-state index contributed by atoms with van der Waals surface area (Å²) in [6.45, 7) is 6.03. The normalized spacial score (nSPS) is 12.4.